The van der Waals surface area contributed by atoms with Crippen LogP contribution in [-0.4, -0.2) is 79.2 Å². The number of hydrogen-bond acceptors (Lipinski definition) is 11. The molecule has 13 nitrogen and oxygen atoms in total. The van der Waals surface area contributed by atoms with Crippen LogP contribution in [0.5, 0.6) is 0 Å². The van der Waals surface area contributed by atoms with Gasteiger partial charge in [0.25, 0.3) is 0 Å². The zero-order chi connectivity index (χ0) is 35.9. The first kappa shape index (κ1) is 46.4. The van der Waals surface area contributed by atoms with E-state index >= 15 is 0 Å². The van der Waals surface area contributed by atoms with Crippen LogP contribution in [0.15, 0.2) is 36.5 Å². The lowest BCUT2D eigenvalue weighted by Gasteiger charge is -2.22. The summed E-state index contributed by atoms with van der Waals surface area (Å²) >= 11 is 0. The van der Waals surface area contributed by atoms with Crippen molar-refractivity contribution in [3.05, 3.63) is 36.5 Å². The number of rotatable bonds is 17. The summed E-state index contributed by atoms with van der Waals surface area (Å²) in [7, 11) is 1.33. The maximum Gasteiger partial charge on any atom is 0.333 e. The molecule has 2 N–H and O–H groups in total. The molecule has 0 aromatic rings. The number of aliphatic carboxylic acids is 2. The van der Waals surface area contributed by atoms with Crippen LogP contribution < -0.4 is 0 Å². The van der Waals surface area contributed by atoms with Crippen LogP contribution in [-0.2, 0) is 52.5 Å². The van der Waals surface area contributed by atoms with Gasteiger partial charge in [0.2, 0.25) is 6.29 Å². The number of esters is 4. The lowest BCUT2D eigenvalue weighted by atomic mass is 10.2. The molecule has 0 aliphatic carbocycles. The minimum Gasteiger partial charge on any atom is -0.481 e. The number of carboxylic acids is 2. The fourth-order valence-electron chi connectivity index (χ4n) is 2.84. The number of carboxylic acid groups (broad SMARTS) is 2. The number of carbonyl (C=O) groups is 6. The molecule has 0 saturated carbocycles. The Morgan fingerprint density at radius 1 is 0.696 bits per heavy atom. The fourth-order valence-corrected chi connectivity index (χ4v) is 2.84. The first-order valence-electron chi connectivity index (χ1n) is 15.2. The Morgan fingerprint density at radius 3 is 1.48 bits per heavy atom. The molecule has 1 aliphatic rings. The number of methoxy groups -OCH3 is 1. The molecule has 0 amide bonds. The van der Waals surface area contributed by atoms with E-state index in [0.717, 1.165) is 32.1 Å². The van der Waals surface area contributed by atoms with E-state index in [1.807, 2.05) is 6.92 Å². The van der Waals surface area contributed by atoms with Crippen molar-refractivity contribution in [1.29, 1.82) is 0 Å². The van der Waals surface area contributed by atoms with Gasteiger partial charge in [-0.3, -0.25) is 14.4 Å². The van der Waals surface area contributed by atoms with Crippen LogP contribution in [0.1, 0.15) is 105 Å². The van der Waals surface area contributed by atoms with E-state index in [2.05, 4.69) is 24.5 Å². The minimum absolute atomic E-state index is 0.116. The van der Waals surface area contributed by atoms with Crippen molar-refractivity contribution in [3.63, 3.8) is 0 Å². The van der Waals surface area contributed by atoms with Crippen LogP contribution in [0.2, 0.25) is 0 Å². The normalized spacial score (nSPS) is 12.8. The Hall–Kier alpha value is -4.00. The summed E-state index contributed by atoms with van der Waals surface area (Å²) in [5.74, 6) is -2.93. The molecule has 264 valence electrons. The molecule has 1 atom stereocenters. The maximum absolute atomic E-state index is 11.5. The molecule has 0 aromatic carbocycles. The molecule has 46 heavy (non-hydrogen) atoms. The zero-order valence-electron chi connectivity index (χ0n) is 28.2. The second-order valence-electron chi connectivity index (χ2n) is 10.2. The number of unbranched alkanes of at least 4 members (excludes halogenated alkanes) is 3. The first-order valence-corrected chi connectivity index (χ1v) is 15.2. The Labute approximate surface area is 272 Å². The van der Waals surface area contributed by atoms with Crippen LogP contribution in [0.4, 0.5) is 0 Å². The van der Waals surface area contributed by atoms with Crippen LogP contribution in [0.25, 0.3) is 0 Å². The molecular weight excluding hydrogens is 604 g/mol. The van der Waals surface area contributed by atoms with Gasteiger partial charge in [-0.25, -0.2) is 14.4 Å². The molecule has 1 rings (SSSR count). The van der Waals surface area contributed by atoms with Gasteiger partial charge in [-0.1, -0.05) is 33.1 Å². The fraction of sp³-hybridized carbons (Fsp3) is 0.636. The summed E-state index contributed by atoms with van der Waals surface area (Å²) in [6, 6.07) is 0. The summed E-state index contributed by atoms with van der Waals surface area (Å²) in [6.07, 6.45) is 7.37. The van der Waals surface area contributed by atoms with Gasteiger partial charge in [0, 0.05) is 42.4 Å². The molecule has 13 heteroatoms. The Kier molecular flexibility index (Phi) is 31.3. The number of hydrogen-bond donors (Lipinski definition) is 2. The van der Waals surface area contributed by atoms with Gasteiger partial charge >= 0.3 is 35.8 Å². The van der Waals surface area contributed by atoms with Gasteiger partial charge in [-0.2, -0.15) is 0 Å². The van der Waals surface area contributed by atoms with E-state index < -0.39 is 23.9 Å². The molecule has 0 radical (unpaired) electrons. The van der Waals surface area contributed by atoms with Crippen LogP contribution >= 0.6 is 0 Å². The molecule has 1 aliphatic heterocycles. The van der Waals surface area contributed by atoms with E-state index in [4.69, 9.17) is 29.2 Å². The van der Waals surface area contributed by atoms with Crippen molar-refractivity contribution in [2.45, 2.75) is 111 Å². The lowest BCUT2D eigenvalue weighted by molar-refractivity contribution is -0.186. The average Bonchev–Trinajstić information content (AvgIpc) is 3.00. The second-order valence-corrected chi connectivity index (χ2v) is 10.2. The Morgan fingerprint density at radius 2 is 1.15 bits per heavy atom. The summed E-state index contributed by atoms with van der Waals surface area (Å²) < 4.78 is 24.4. The predicted molar refractivity (Wildman–Crippen MR) is 171 cm³/mol. The van der Waals surface area contributed by atoms with E-state index in [0.29, 0.717) is 68.5 Å². The molecule has 0 spiro atoms. The van der Waals surface area contributed by atoms with Crippen LogP contribution in [0.3, 0.4) is 0 Å². The Bertz CT molecular complexity index is 963. The molecule has 0 aromatic heterocycles. The summed E-state index contributed by atoms with van der Waals surface area (Å²) in [6.45, 7) is 18.2. The van der Waals surface area contributed by atoms with Gasteiger partial charge in [-0.05, 0) is 65.7 Å². The van der Waals surface area contributed by atoms with E-state index in [9.17, 15) is 28.8 Å². The largest absolute Gasteiger partial charge is 0.481 e. The van der Waals surface area contributed by atoms with Crippen molar-refractivity contribution >= 4 is 35.8 Å². The molecule has 1 saturated heterocycles. The van der Waals surface area contributed by atoms with Gasteiger partial charge in [-0.15, -0.1) is 0 Å². The molecule has 1 fully saturated rings. The average molecular weight is 659 g/mol. The third-order valence-corrected chi connectivity index (χ3v) is 5.40. The van der Waals surface area contributed by atoms with Crippen molar-refractivity contribution in [2.24, 2.45) is 0 Å². The smallest absolute Gasteiger partial charge is 0.333 e. The third kappa shape index (κ3) is 34.5. The highest BCUT2D eigenvalue weighted by Crippen LogP contribution is 2.14. The van der Waals surface area contributed by atoms with E-state index in [1.165, 1.54) is 7.11 Å². The highest BCUT2D eigenvalue weighted by Gasteiger charge is 2.17. The number of ether oxygens (including phenoxy) is 5. The summed E-state index contributed by atoms with van der Waals surface area (Å²) in [4.78, 5) is 63.4. The molecular formula is C33H54O13. The van der Waals surface area contributed by atoms with E-state index in [1.54, 1.807) is 20.8 Å². The first-order chi connectivity index (χ1) is 21.6. The third-order valence-electron chi connectivity index (χ3n) is 5.40. The zero-order valence-corrected chi connectivity index (χ0v) is 28.2. The minimum atomic E-state index is -0.828. The highest BCUT2D eigenvalue weighted by molar-refractivity contribution is 5.87. The monoisotopic (exact) mass is 658 g/mol. The lowest BCUT2D eigenvalue weighted by Crippen LogP contribution is -2.25. The SMILES string of the molecule is C=C(C)C(=O)OC.C=C(C)C(=O)OCCCCC(=O)O.C=C(C)C(=O)OCCCCC(=O)OC1CCCCO1.CCCCC(=O)O. The van der Waals surface area contributed by atoms with Gasteiger partial charge in [0.05, 0.1) is 26.9 Å². The molecule has 0 bridgehead atoms. The van der Waals surface area contributed by atoms with Crippen molar-refractivity contribution in [1.82, 2.24) is 0 Å². The maximum atomic E-state index is 11.5. The number of carbonyl (C=O) groups excluding carboxylic acids is 4. The predicted octanol–water partition coefficient (Wildman–Crippen LogP) is 5.70. The summed E-state index contributed by atoms with van der Waals surface area (Å²) in [5, 5.41) is 16.3. The van der Waals surface area contributed by atoms with Gasteiger partial charge in [0.1, 0.15) is 0 Å². The second kappa shape index (κ2) is 31.0. The Balaban J connectivity index is -0.000000591. The van der Waals surface area contributed by atoms with Crippen molar-refractivity contribution < 1.29 is 62.7 Å². The molecule has 1 unspecified atom stereocenters. The quantitative estimate of drug-likeness (QED) is 0.0838. The van der Waals surface area contributed by atoms with E-state index in [-0.39, 0.29) is 31.3 Å². The van der Waals surface area contributed by atoms with Crippen LogP contribution in [0, 0.1) is 0 Å². The van der Waals surface area contributed by atoms with Crippen molar-refractivity contribution in [3.8, 4) is 0 Å². The standard InChI is InChI=1S/C14H22O5.C9H14O4.C5H8O2.C5H10O2/c1-11(2)14(16)18-10-5-3-7-12(15)19-13-8-4-6-9-17-13;1-7(2)9(12)13-6-4-3-5-8(10)11;1-4(2)5(6)7-3;1-2-3-4-5(6)7/h13H,1,3-10H2,2H3;1,3-6H2,2H3,(H,10,11);1H2,2-3H3;2-4H2,1H3,(H,6,7). The molecule has 1 heterocycles. The van der Waals surface area contributed by atoms with Gasteiger partial charge < -0.3 is 33.9 Å². The topological polar surface area (TPSA) is 189 Å². The highest BCUT2D eigenvalue weighted by atomic mass is 16.7. The summed E-state index contributed by atoms with van der Waals surface area (Å²) in [5.41, 5.74) is 1.18. The van der Waals surface area contributed by atoms with Gasteiger partial charge in [0.15, 0.2) is 0 Å². The van der Waals surface area contributed by atoms with Crippen molar-refractivity contribution in [2.75, 3.05) is 26.9 Å².